The second kappa shape index (κ2) is 4.89. The Kier molecular flexibility index (Phi) is 3.47. The molecule has 1 aromatic rings. The summed E-state index contributed by atoms with van der Waals surface area (Å²) in [7, 11) is 0. The SMILES string of the molecule is CCC1(CC)CN(CC#N)c2ccc(C)cc2O1. The molecule has 0 saturated carbocycles. The Morgan fingerprint density at radius 2 is 2.11 bits per heavy atom. The number of aryl methyl sites for hydroxylation is 1. The molecular formula is C15H20N2O. The number of anilines is 1. The molecule has 0 aromatic heterocycles. The van der Waals surface area contributed by atoms with Gasteiger partial charge >= 0.3 is 0 Å². The second-order valence-corrected chi connectivity index (χ2v) is 4.98. The molecule has 1 aliphatic rings. The van der Waals surface area contributed by atoms with E-state index in [-0.39, 0.29) is 5.60 Å². The highest BCUT2D eigenvalue weighted by Gasteiger charge is 2.36. The summed E-state index contributed by atoms with van der Waals surface area (Å²) in [6.07, 6.45) is 1.91. The van der Waals surface area contributed by atoms with Crippen molar-refractivity contribution >= 4 is 5.69 Å². The van der Waals surface area contributed by atoms with Crippen LogP contribution in [-0.2, 0) is 0 Å². The maximum atomic E-state index is 8.98. The normalized spacial score (nSPS) is 16.7. The van der Waals surface area contributed by atoms with E-state index < -0.39 is 0 Å². The number of fused-ring (bicyclic) bond motifs is 1. The van der Waals surface area contributed by atoms with E-state index in [0.29, 0.717) is 6.54 Å². The molecule has 0 amide bonds. The average Bonchev–Trinajstić information content (AvgIpc) is 2.38. The standard InChI is InChI=1S/C15H20N2O/c1-4-15(5-2)11-17(9-8-16)13-7-6-12(3)10-14(13)18-15/h6-7,10H,4-5,9,11H2,1-3H3. The third kappa shape index (κ3) is 2.15. The quantitative estimate of drug-likeness (QED) is 0.766. The topological polar surface area (TPSA) is 36.3 Å². The van der Waals surface area contributed by atoms with E-state index in [4.69, 9.17) is 10.00 Å². The van der Waals surface area contributed by atoms with E-state index >= 15 is 0 Å². The van der Waals surface area contributed by atoms with Gasteiger partial charge in [-0.2, -0.15) is 5.26 Å². The molecule has 0 saturated heterocycles. The first-order valence-corrected chi connectivity index (χ1v) is 6.55. The number of rotatable bonds is 3. The van der Waals surface area contributed by atoms with Crippen LogP contribution < -0.4 is 9.64 Å². The zero-order valence-electron chi connectivity index (χ0n) is 11.4. The van der Waals surface area contributed by atoms with Gasteiger partial charge in [0.15, 0.2) is 0 Å². The molecule has 1 aromatic carbocycles. The minimum Gasteiger partial charge on any atom is -0.483 e. The highest BCUT2D eigenvalue weighted by Crippen LogP contribution is 2.39. The van der Waals surface area contributed by atoms with Gasteiger partial charge in [0.25, 0.3) is 0 Å². The number of nitriles is 1. The maximum Gasteiger partial charge on any atom is 0.143 e. The number of hydrogen-bond acceptors (Lipinski definition) is 3. The van der Waals surface area contributed by atoms with E-state index in [2.05, 4.69) is 49.9 Å². The maximum absolute atomic E-state index is 8.98. The molecule has 1 aliphatic heterocycles. The van der Waals surface area contributed by atoms with Gasteiger partial charge in [-0.25, -0.2) is 0 Å². The molecular weight excluding hydrogens is 224 g/mol. The highest BCUT2D eigenvalue weighted by molar-refractivity contribution is 5.62. The Morgan fingerprint density at radius 3 is 2.72 bits per heavy atom. The van der Waals surface area contributed by atoms with Crippen LogP contribution in [0, 0.1) is 18.3 Å². The van der Waals surface area contributed by atoms with Crippen molar-refractivity contribution in [3.8, 4) is 11.8 Å². The smallest absolute Gasteiger partial charge is 0.143 e. The molecule has 0 bridgehead atoms. The van der Waals surface area contributed by atoms with Crippen molar-refractivity contribution in [1.82, 2.24) is 0 Å². The fourth-order valence-corrected chi connectivity index (χ4v) is 2.51. The van der Waals surface area contributed by atoms with Gasteiger partial charge in [-0.15, -0.1) is 0 Å². The zero-order valence-corrected chi connectivity index (χ0v) is 11.4. The van der Waals surface area contributed by atoms with Crippen LogP contribution in [0.1, 0.15) is 32.3 Å². The molecule has 3 heteroatoms. The van der Waals surface area contributed by atoms with Crippen molar-refractivity contribution in [1.29, 1.82) is 5.26 Å². The van der Waals surface area contributed by atoms with Crippen LogP contribution in [0.25, 0.3) is 0 Å². The minimum atomic E-state index is -0.155. The van der Waals surface area contributed by atoms with Crippen LogP contribution >= 0.6 is 0 Å². The number of hydrogen-bond donors (Lipinski definition) is 0. The second-order valence-electron chi connectivity index (χ2n) is 4.98. The van der Waals surface area contributed by atoms with Gasteiger partial charge in [-0.3, -0.25) is 0 Å². The van der Waals surface area contributed by atoms with Crippen molar-refractivity contribution in [2.45, 2.75) is 39.2 Å². The lowest BCUT2D eigenvalue weighted by molar-refractivity contribution is 0.0582. The summed E-state index contributed by atoms with van der Waals surface area (Å²) in [6.45, 7) is 7.57. The molecule has 96 valence electrons. The minimum absolute atomic E-state index is 0.155. The number of benzene rings is 1. The van der Waals surface area contributed by atoms with Crippen molar-refractivity contribution < 1.29 is 4.74 Å². The van der Waals surface area contributed by atoms with Gasteiger partial charge in [0.1, 0.15) is 17.9 Å². The lowest BCUT2D eigenvalue weighted by Gasteiger charge is -2.43. The van der Waals surface area contributed by atoms with Crippen LogP contribution in [0.3, 0.4) is 0 Å². The third-order valence-corrected chi connectivity index (χ3v) is 3.81. The van der Waals surface area contributed by atoms with E-state index in [1.54, 1.807) is 0 Å². The van der Waals surface area contributed by atoms with Gasteiger partial charge in [0.05, 0.1) is 18.3 Å². The molecule has 0 atom stereocenters. The molecule has 0 radical (unpaired) electrons. The summed E-state index contributed by atoms with van der Waals surface area (Å²) in [5.74, 6) is 0.917. The Morgan fingerprint density at radius 1 is 1.39 bits per heavy atom. The van der Waals surface area contributed by atoms with Gasteiger partial charge < -0.3 is 9.64 Å². The van der Waals surface area contributed by atoms with Crippen molar-refractivity contribution in [3.05, 3.63) is 23.8 Å². The molecule has 3 nitrogen and oxygen atoms in total. The molecule has 2 rings (SSSR count). The first kappa shape index (κ1) is 12.8. The van der Waals surface area contributed by atoms with Crippen molar-refractivity contribution in [3.63, 3.8) is 0 Å². The van der Waals surface area contributed by atoms with Gasteiger partial charge in [0.2, 0.25) is 0 Å². The van der Waals surface area contributed by atoms with Crippen LogP contribution in [0.5, 0.6) is 5.75 Å². The van der Waals surface area contributed by atoms with E-state index in [9.17, 15) is 0 Å². The van der Waals surface area contributed by atoms with Gasteiger partial charge in [-0.1, -0.05) is 19.9 Å². The molecule has 0 spiro atoms. The Hall–Kier alpha value is -1.69. The average molecular weight is 244 g/mol. The monoisotopic (exact) mass is 244 g/mol. The molecule has 0 N–H and O–H groups in total. The molecule has 1 heterocycles. The van der Waals surface area contributed by atoms with Crippen molar-refractivity contribution in [2.24, 2.45) is 0 Å². The largest absolute Gasteiger partial charge is 0.483 e. The lowest BCUT2D eigenvalue weighted by atomic mass is 9.93. The fourth-order valence-electron chi connectivity index (χ4n) is 2.51. The number of nitrogens with zero attached hydrogens (tertiary/aromatic N) is 2. The van der Waals surface area contributed by atoms with Crippen LogP contribution in [0.2, 0.25) is 0 Å². The summed E-state index contributed by atoms with van der Waals surface area (Å²) >= 11 is 0. The first-order chi connectivity index (χ1) is 8.64. The van der Waals surface area contributed by atoms with Crippen molar-refractivity contribution in [2.75, 3.05) is 18.0 Å². The fraction of sp³-hybridized carbons (Fsp3) is 0.533. The number of ether oxygens (including phenoxy) is 1. The summed E-state index contributed by atoms with van der Waals surface area (Å²) in [5.41, 5.74) is 2.07. The summed E-state index contributed by atoms with van der Waals surface area (Å²) < 4.78 is 6.22. The Balaban J connectivity index is 2.43. The molecule has 0 unspecified atom stereocenters. The molecule has 0 aliphatic carbocycles. The van der Waals surface area contributed by atoms with E-state index in [1.807, 2.05) is 0 Å². The highest BCUT2D eigenvalue weighted by atomic mass is 16.5. The summed E-state index contributed by atoms with van der Waals surface area (Å²) in [4.78, 5) is 2.13. The predicted molar refractivity (Wildman–Crippen MR) is 72.9 cm³/mol. The predicted octanol–water partition coefficient (Wildman–Crippen LogP) is 3.28. The van der Waals surface area contributed by atoms with E-state index in [1.165, 1.54) is 5.56 Å². The van der Waals surface area contributed by atoms with Gasteiger partial charge in [0, 0.05) is 0 Å². The van der Waals surface area contributed by atoms with Crippen LogP contribution in [0.15, 0.2) is 18.2 Å². The third-order valence-electron chi connectivity index (χ3n) is 3.81. The summed E-state index contributed by atoms with van der Waals surface area (Å²) in [5, 5.41) is 8.98. The van der Waals surface area contributed by atoms with E-state index in [0.717, 1.165) is 30.8 Å². The molecule has 18 heavy (non-hydrogen) atoms. The first-order valence-electron chi connectivity index (χ1n) is 6.55. The Labute approximate surface area is 109 Å². The Bertz CT molecular complexity index is 472. The lowest BCUT2D eigenvalue weighted by Crippen LogP contribution is -2.50. The van der Waals surface area contributed by atoms with Gasteiger partial charge in [-0.05, 0) is 37.5 Å². The van der Waals surface area contributed by atoms with Crippen LogP contribution in [-0.4, -0.2) is 18.7 Å². The van der Waals surface area contributed by atoms with Crippen LogP contribution in [0.4, 0.5) is 5.69 Å². The zero-order chi connectivity index (χ0) is 13.2. The molecule has 0 fully saturated rings. The summed E-state index contributed by atoms with van der Waals surface area (Å²) in [6, 6.07) is 8.44.